The average molecular weight is 715 g/mol. The fraction of sp³-hybridized carbons (Fsp3) is 0.375. The molecule has 2 saturated carbocycles. The molecule has 6 rings (SSSR count). The van der Waals surface area contributed by atoms with Gasteiger partial charge in [-0.2, -0.15) is 0 Å². The molecule has 262 valence electrons. The van der Waals surface area contributed by atoms with E-state index in [0.717, 1.165) is 40.9 Å². The van der Waals surface area contributed by atoms with Gasteiger partial charge in [0.05, 0.1) is 40.5 Å². The van der Waals surface area contributed by atoms with Crippen molar-refractivity contribution in [3.8, 4) is 11.5 Å². The summed E-state index contributed by atoms with van der Waals surface area (Å²) in [7, 11) is 4.14. The van der Waals surface area contributed by atoms with Gasteiger partial charge in [-0.3, -0.25) is 14.4 Å². The van der Waals surface area contributed by atoms with Gasteiger partial charge in [-0.25, -0.2) is 0 Å². The van der Waals surface area contributed by atoms with E-state index >= 15 is 0 Å². The van der Waals surface area contributed by atoms with Crippen molar-refractivity contribution in [1.29, 1.82) is 0 Å². The Morgan fingerprint density at radius 2 is 1.62 bits per heavy atom. The van der Waals surface area contributed by atoms with Crippen molar-refractivity contribution in [3.05, 3.63) is 94.5 Å². The molecule has 4 aromatic rings. The van der Waals surface area contributed by atoms with E-state index in [0.29, 0.717) is 49.4 Å². The number of ether oxygens (including phenoxy) is 3. The SMILES string of the molecule is COc1cc(P)c(O[C@H]2CC[C@@](C)(C(=O)OCc3cccc4ccccc34)CC2)cc1C(=O)Nc1cccc(Cl)c1C(=O)NCC1(C)CCC1. The van der Waals surface area contributed by atoms with Gasteiger partial charge < -0.3 is 24.8 Å². The first kappa shape index (κ1) is 35.7. The van der Waals surface area contributed by atoms with Gasteiger partial charge in [0, 0.05) is 11.8 Å². The van der Waals surface area contributed by atoms with Crippen molar-refractivity contribution < 1.29 is 28.6 Å². The molecule has 0 aromatic heterocycles. The van der Waals surface area contributed by atoms with Crippen LogP contribution in [0.3, 0.4) is 0 Å². The highest BCUT2D eigenvalue weighted by Crippen LogP contribution is 2.41. The molecule has 0 bridgehead atoms. The van der Waals surface area contributed by atoms with Crippen LogP contribution in [0.2, 0.25) is 5.02 Å². The molecule has 1 unspecified atom stereocenters. The molecular weight excluding hydrogens is 671 g/mol. The standard InChI is InChI=1S/C40H44ClN2O6P/c1-39(17-8-18-39)24-42-37(45)35-30(41)13-7-14-31(35)43-36(44)29-21-33(34(50)22-32(29)47-3)49-27-15-19-40(2,20-16-27)38(46)48-23-26-11-6-10-25-9-4-5-12-28(25)26/h4-7,9-14,21-22,27H,8,15-20,23-24,50H2,1-3H3,(H,42,45)(H,43,44)/t27-,40+. The van der Waals surface area contributed by atoms with Gasteiger partial charge in [-0.05, 0) is 91.5 Å². The van der Waals surface area contributed by atoms with E-state index in [1.54, 1.807) is 30.3 Å². The Bertz CT molecular complexity index is 1910. The number of carbonyl (C=O) groups excluding carboxylic acids is 3. The predicted octanol–water partition coefficient (Wildman–Crippen LogP) is 8.25. The molecule has 10 heteroatoms. The summed E-state index contributed by atoms with van der Waals surface area (Å²) in [5, 5.41) is 9.05. The maximum atomic E-state index is 13.7. The number of fused-ring (bicyclic) bond motifs is 1. The Labute approximate surface area is 300 Å². The summed E-state index contributed by atoms with van der Waals surface area (Å²) in [6, 6.07) is 22.5. The largest absolute Gasteiger partial charge is 0.496 e. The second-order valence-electron chi connectivity index (χ2n) is 14.1. The van der Waals surface area contributed by atoms with Gasteiger partial charge in [-0.15, -0.1) is 9.24 Å². The Kier molecular flexibility index (Phi) is 10.7. The summed E-state index contributed by atoms with van der Waals surface area (Å²) in [5.74, 6) is -0.131. The maximum Gasteiger partial charge on any atom is 0.312 e. The number of methoxy groups -OCH3 is 1. The van der Waals surface area contributed by atoms with Gasteiger partial charge in [0.1, 0.15) is 18.1 Å². The lowest BCUT2D eigenvalue weighted by atomic mass is 9.70. The Balaban J connectivity index is 1.10. The number of halogens is 1. The second-order valence-corrected chi connectivity index (χ2v) is 15.2. The van der Waals surface area contributed by atoms with Gasteiger partial charge in [0.2, 0.25) is 0 Å². The minimum absolute atomic E-state index is 0.0857. The molecule has 0 aliphatic heterocycles. The lowest BCUT2D eigenvalue weighted by Gasteiger charge is -2.38. The van der Waals surface area contributed by atoms with E-state index in [9.17, 15) is 14.4 Å². The van der Waals surface area contributed by atoms with Crippen molar-refractivity contribution in [1.82, 2.24) is 5.32 Å². The van der Waals surface area contributed by atoms with Crippen LogP contribution >= 0.6 is 20.8 Å². The molecule has 50 heavy (non-hydrogen) atoms. The van der Waals surface area contributed by atoms with Gasteiger partial charge in [-0.1, -0.05) is 73.5 Å². The number of anilines is 1. The summed E-state index contributed by atoms with van der Waals surface area (Å²) < 4.78 is 17.9. The van der Waals surface area contributed by atoms with Crippen LogP contribution in [0, 0.1) is 10.8 Å². The van der Waals surface area contributed by atoms with Crippen molar-refractivity contribution in [2.75, 3.05) is 19.0 Å². The molecule has 1 atom stereocenters. The first-order chi connectivity index (χ1) is 24.0. The summed E-state index contributed by atoms with van der Waals surface area (Å²) in [6.45, 7) is 4.89. The highest BCUT2D eigenvalue weighted by Gasteiger charge is 2.40. The van der Waals surface area contributed by atoms with E-state index in [-0.39, 0.29) is 46.2 Å². The van der Waals surface area contributed by atoms with Crippen molar-refractivity contribution >= 4 is 60.4 Å². The summed E-state index contributed by atoms with van der Waals surface area (Å²) in [5.41, 5.74) is 1.22. The summed E-state index contributed by atoms with van der Waals surface area (Å²) in [4.78, 5) is 40.3. The van der Waals surface area contributed by atoms with Crippen molar-refractivity contribution in [3.63, 3.8) is 0 Å². The topological polar surface area (TPSA) is 103 Å². The highest BCUT2D eigenvalue weighted by atomic mass is 35.5. The molecule has 2 N–H and O–H groups in total. The van der Waals surface area contributed by atoms with E-state index in [4.69, 9.17) is 25.8 Å². The lowest BCUT2D eigenvalue weighted by molar-refractivity contribution is -0.159. The van der Waals surface area contributed by atoms with Gasteiger partial charge in [0.15, 0.2) is 0 Å². The molecule has 4 aromatic carbocycles. The number of hydrogen-bond donors (Lipinski definition) is 2. The maximum absolute atomic E-state index is 13.7. The third-order valence-corrected chi connectivity index (χ3v) is 11.1. The molecule has 0 saturated heterocycles. The molecule has 2 fully saturated rings. The third-order valence-electron chi connectivity index (χ3n) is 10.4. The number of carbonyl (C=O) groups is 3. The van der Waals surface area contributed by atoms with Gasteiger partial charge in [0.25, 0.3) is 11.8 Å². The number of nitrogens with one attached hydrogen (secondary N) is 2. The summed E-state index contributed by atoms with van der Waals surface area (Å²) >= 11 is 6.48. The first-order valence-corrected chi connectivity index (χ1v) is 18.1. The summed E-state index contributed by atoms with van der Waals surface area (Å²) in [6.07, 6.45) is 5.65. The van der Waals surface area contributed by atoms with Crippen LogP contribution in [-0.4, -0.2) is 37.5 Å². The Morgan fingerprint density at radius 3 is 2.34 bits per heavy atom. The molecule has 0 radical (unpaired) electrons. The second kappa shape index (κ2) is 15.0. The van der Waals surface area contributed by atoms with E-state index in [2.05, 4.69) is 38.9 Å². The zero-order valence-corrected chi connectivity index (χ0v) is 30.7. The lowest BCUT2D eigenvalue weighted by Crippen LogP contribution is -2.40. The number of amides is 2. The van der Waals surface area contributed by atoms with E-state index < -0.39 is 11.3 Å². The van der Waals surface area contributed by atoms with Crippen LogP contribution in [-0.2, 0) is 16.1 Å². The molecule has 2 aliphatic rings. The van der Waals surface area contributed by atoms with Crippen molar-refractivity contribution in [2.24, 2.45) is 10.8 Å². The predicted molar refractivity (Wildman–Crippen MR) is 201 cm³/mol. The van der Waals surface area contributed by atoms with E-state index in [1.807, 2.05) is 37.3 Å². The van der Waals surface area contributed by atoms with Crippen molar-refractivity contribution in [2.45, 2.75) is 71.5 Å². The zero-order chi connectivity index (χ0) is 35.5. The highest BCUT2D eigenvalue weighted by molar-refractivity contribution is 7.27. The van der Waals surface area contributed by atoms with Crippen LogP contribution in [0.4, 0.5) is 5.69 Å². The molecule has 8 nitrogen and oxygen atoms in total. The monoisotopic (exact) mass is 714 g/mol. The molecule has 2 amide bonds. The fourth-order valence-electron chi connectivity index (χ4n) is 6.88. The number of esters is 1. The number of rotatable bonds is 11. The van der Waals surface area contributed by atoms with E-state index in [1.165, 1.54) is 7.11 Å². The average Bonchev–Trinajstić information content (AvgIpc) is 3.10. The quantitative estimate of drug-likeness (QED) is 0.120. The number of benzene rings is 4. The smallest absolute Gasteiger partial charge is 0.312 e. The van der Waals surface area contributed by atoms with Crippen LogP contribution in [0.25, 0.3) is 10.8 Å². The minimum atomic E-state index is -0.615. The molecular formula is C40H44ClN2O6P. The molecule has 0 heterocycles. The molecule has 0 spiro atoms. The zero-order valence-electron chi connectivity index (χ0n) is 28.8. The van der Waals surface area contributed by atoms with Crippen LogP contribution < -0.4 is 25.4 Å². The van der Waals surface area contributed by atoms with Crippen LogP contribution in [0.5, 0.6) is 11.5 Å². The van der Waals surface area contributed by atoms with Crippen LogP contribution in [0.1, 0.15) is 85.1 Å². The number of hydrogen-bond acceptors (Lipinski definition) is 6. The first-order valence-electron chi connectivity index (χ1n) is 17.1. The molecule has 2 aliphatic carbocycles. The normalized spacial score (nSPS) is 19.6. The fourth-order valence-corrected chi connectivity index (χ4v) is 7.44. The van der Waals surface area contributed by atoms with Crippen LogP contribution in [0.15, 0.2) is 72.8 Å². The minimum Gasteiger partial charge on any atom is -0.496 e. The Hall–Kier alpha value is -4.13. The van der Waals surface area contributed by atoms with Gasteiger partial charge >= 0.3 is 5.97 Å². The Morgan fingerprint density at radius 1 is 0.900 bits per heavy atom. The third kappa shape index (κ3) is 7.77.